The molecule has 0 aliphatic carbocycles. The Morgan fingerprint density at radius 1 is 0.657 bits per heavy atom. The Hall–Kier alpha value is -1.20. The highest BCUT2D eigenvalue weighted by atomic mass is 16.3. The number of aliphatic hydroxyl groups is 2. The molecule has 0 aliphatic heterocycles. The number of unbranched alkanes of at least 4 members (excludes halogenated alkanes) is 15. The van der Waals surface area contributed by atoms with Crippen molar-refractivity contribution in [1.82, 2.24) is 4.90 Å². The van der Waals surface area contributed by atoms with E-state index in [-0.39, 0.29) is 24.7 Å². The number of allylic oxidation sites excluding steroid dienone is 1. The normalized spacial score (nSPS) is 13.3. The van der Waals surface area contributed by atoms with Crippen LogP contribution in [0.25, 0.3) is 0 Å². The monoisotopic (exact) mass is 495 g/mol. The summed E-state index contributed by atoms with van der Waals surface area (Å²) in [5, 5.41) is 20.7. The van der Waals surface area contributed by atoms with E-state index in [1.54, 1.807) is 6.08 Å². The van der Waals surface area contributed by atoms with E-state index in [9.17, 15) is 19.8 Å². The van der Waals surface area contributed by atoms with Gasteiger partial charge in [0.25, 0.3) is 0 Å². The Balaban J connectivity index is 4.49. The topological polar surface area (TPSA) is 77.8 Å². The lowest BCUT2D eigenvalue weighted by molar-refractivity contribution is -0.151. The minimum atomic E-state index is -1.04. The zero-order valence-electron chi connectivity index (χ0n) is 23.3. The average Bonchev–Trinajstić information content (AvgIpc) is 2.85. The highest BCUT2D eigenvalue weighted by Crippen LogP contribution is 2.16. The fraction of sp³-hybridized carbons (Fsp3) is 0.867. The van der Waals surface area contributed by atoms with Crippen molar-refractivity contribution in [3.63, 3.8) is 0 Å². The van der Waals surface area contributed by atoms with Crippen molar-refractivity contribution < 1.29 is 19.8 Å². The number of rotatable bonds is 24. The first-order valence-corrected chi connectivity index (χ1v) is 14.8. The summed E-state index contributed by atoms with van der Waals surface area (Å²) in [6.45, 7) is 5.96. The molecule has 0 aromatic rings. The molecule has 0 radical (unpaired) electrons. The molecule has 2 N–H and O–H groups in total. The Kier molecular flexibility index (Phi) is 23.7. The summed E-state index contributed by atoms with van der Waals surface area (Å²) >= 11 is 0. The molecule has 0 saturated heterocycles. The van der Waals surface area contributed by atoms with Crippen LogP contribution in [0.1, 0.15) is 149 Å². The number of aliphatic hydroxyl groups excluding tert-OH is 2. The van der Waals surface area contributed by atoms with Crippen LogP contribution in [0.3, 0.4) is 0 Å². The van der Waals surface area contributed by atoms with E-state index < -0.39 is 18.8 Å². The molecule has 2 atom stereocenters. The number of imide groups is 1. The number of hydrogen-bond donors (Lipinski definition) is 2. The molecule has 35 heavy (non-hydrogen) atoms. The minimum absolute atomic E-state index is 0.277. The summed E-state index contributed by atoms with van der Waals surface area (Å²) < 4.78 is 0. The summed E-state index contributed by atoms with van der Waals surface area (Å²) in [6, 6.07) is -0.910. The van der Waals surface area contributed by atoms with Gasteiger partial charge < -0.3 is 10.2 Å². The first-order chi connectivity index (χ1) is 17.0. The lowest BCUT2D eigenvalue weighted by Gasteiger charge is -2.31. The molecular weight excluding hydrogens is 438 g/mol. The van der Waals surface area contributed by atoms with E-state index >= 15 is 0 Å². The number of hydrogen-bond acceptors (Lipinski definition) is 4. The van der Waals surface area contributed by atoms with Crippen LogP contribution < -0.4 is 0 Å². The largest absolute Gasteiger partial charge is 0.394 e. The molecule has 2 amide bonds. The molecule has 0 spiro atoms. The number of carbonyl (C=O) groups is 2. The molecule has 0 unspecified atom stereocenters. The summed E-state index contributed by atoms with van der Waals surface area (Å²) in [6.07, 6.45) is 23.5. The number of carbonyl (C=O) groups excluding carboxylic acids is 2. The van der Waals surface area contributed by atoms with E-state index in [2.05, 4.69) is 20.8 Å². The van der Waals surface area contributed by atoms with Crippen molar-refractivity contribution in [2.75, 3.05) is 6.61 Å². The Labute approximate surface area is 216 Å². The number of amides is 2. The minimum Gasteiger partial charge on any atom is -0.394 e. The Bertz CT molecular complexity index is 512. The maximum absolute atomic E-state index is 12.8. The predicted molar refractivity (Wildman–Crippen MR) is 147 cm³/mol. The van der Waals surface area contributed by atoms with Crippen LogP contribution in [0, 0.1) is 0 Å². The third-order valence-corrected chi connectivity index (χ3v) is 6.75. The van der Waals surface area contributed by atoms with Crippen molar-refractivity contribution in [3.8, 4) is 0 Å². The fourth-order valence-corrected chi connectivity index (χ4v) is 4.44. The van der Waals surface area contributed by atoms with E-state index in [1.807, 2.05) is 6.08 Å². The standard InChI is InChI=1S/C30H57NO4/c1-4-7-10-11-12-13-14-15-16-17-18-19-22-23-28(33)27(26-32)31(29(34)24-20-8-5-2)30(35)25-21-9-6-3/h22-23,27-28,32-33H,4-21,24-26H2,1-3H3/b23-22+/t27-,28+/m0/s1. The van der Waals surface area contributed by atoms with Gasteiger partial charge in [0, 0.05) is 12.8 Å². The van der Waals surface area contributed by atoms with Crippen LogP contribution in [0.15, 0.2) is 12.2 Å². The zero-order valence-corrected chi connectivity index (χ0v) is 23.3. The van der Waals surface area contributed by atoms with Gasteiger partial charge in [-0.15, -0.1) is 0 Å². The van der Waals surface area contributed by atoms with Gasteiger partial charge in [-0.1, -0.05) is 123 Å². The molecular formula is C30H57NO4. The van der Waals surface area contributed by atoms with Crippen LogP contribution in [0.2, 0.25) is 0 Å². The Morgan fingerprint density at radius 3 is 1.49 bits per heavy atom. The van der Waals surface area contributed by atoms with E-state index in [0.29, 0.717) is 0 Å². The van der Waals surface area contributed by atoms with Crippen LogP contribution in [0.5, 0.6) is 0 Å². The van der Waals surface area contributed by atoms with Crippen molar-refractivity contribution in [3.05, 3.63) is 12.2 Å². The van der Waals surface area contributed by atoms with Gasteiger partial charge in [0.15, 0.2) is 0 Å². The van der Waals surface area contributed by atoms with Gasteiger partial charge in [-0.2, -0.15) is 0 Å². The van der Waals surface area contributed by atoms with Crippen molar-refractivity contribution >= 4 is 11.8 Å². The third kappa shape index (κ3) is 17.8. The third-order valence-electron chi connectivity index (χ3n) is 6.75. The quantitative estimate of drug-likeness (QED) is 0.107. The van der Waals surface area contributed by atoms with Gasteiger partial charge in [0.05, 0.1) is 18.8 Å². The fourth-order valence-electron chi connectivity index (χ4n) is 4.44. The van der Waals surface area contributed by atoms with E-state index in [1.165, 1.54) is 64.2 Å². The van der Waals surface area contributed by atoms with Crippen LogP contribution in [-0.2, 0) is 9.59 Å². The summed E-state index contributed by atoms with van der Waals surface area (Å²) in [7, 11) is 0. The predicted octanol–water partition coefficient (Wildman–Crippen LogP) is 7.48. The molecule has 0 aromatic heterocycles. The first-order valence-electron chi connectivity index (χ1n) is 14.8. The van der Waals surface area contributed by atoms with Gasteiger partial charge in [-0.25, -0.2) is 0 Å². The second kappa shape index (κ2) is 24.5. The van der Waals surface area contributed by atoms with Crippen LogP contribution in [0.4, 0.5) is 0 Å². The average molecular weight is 496 g/mol. The highest BCUT2D eigenvalue weighted by molar-refractivity contribution is 5.95. The van der Waals surface area contributed by atoms with Crippen molar-refractivity contribution in [2.45, 2.75) is 161 Å². The lowest BCUT2D eigenvalue weighted by Crippen LogP contribution is -2.51. The maximum atomic E-state index is 12.8. The maximum Gasteiger partial charge on any atom is 0.229 e. The Morgan fingerprint density at radius 2 is 1.06 bits per heavy atom. The van der Waals surface area contributed by atoms with Gasteiger partial charge in [-0.3, -0.25) is 14.5 Å². The molecule has 0 rings (SSSR count). The number of nitrogens with zero attached hydrogens (tertiary/aromatic N) is 1. The zero-order chi connectivity index (χ0) is 26.2. The smallest absolute Gasteiger partial charge is 0.229 e. The lowest BCUT2D eigenvalue weighted by atomic mass is 10.0. The molecule has 0 aliphatic rings. The van der Waals surface area contributed by atoms with Gasteiger partial charge in [0.2, 0.25) is 11.8 Å². The van der Waals surface area contributed by atoms with Gasteiger partial charge in [0.1, 0.15) is 0 Å². The summed E-state index contributed by atoms with van der Waals surface area (Å²) in [5.74, 6) is -0.561. The second-order valence-electron chi connectivity index (χ2n) is 10.1. The summed E-state index contributed by atoms with van der Waals surface area (Å²) in [5.41, 5.74) is 0. The van der Waals surface area contributed by atoms with Crippen molar-refractivity contribution in [1.29, 1.82) is 0 Å². The van der Waals surface area contributed by atoms with Crippen LogP contribution in [-0.4, -0.2) is 45.7 Å². The van der Waals surface area contributed by atoms with E-state index in [0.717, 1.165) is 56.3 Å². The SMILES string of the molecule is CCCCCCCCCCCCC/C=C/[C@@H](O)[C@H](CO)N(C(=O)CCCCC)C(=O)CCCCC. The second-order valence-corrected chi connectivity index (χ2v) is 10.1. The highest BCUT2D eigenvalue weighted by Gasteiger charge is 2.32. The molecule has 0 bridgehead atoms. The van der Waals surface area contributed by atoms with Crippen molar-refractivity contribution in [2.24, 2.45) is 0 Å². The van der Waals surface area contributed by atoms with E-state index in [4.69, 9.17) is 0 Å². The first kappa shape index (κ1) is 33.8. The molecule has 5 nitrogen and oxygen atoms in total. The van der Waals surface area contributed by atoms with Crippen LogP contribution >= 0.6 is 0 Å². The van der Waals surface area contributed by atoms with Gasteiger partial charge in [-0.05, 0) is 25.7 Å². The molecule has 0 saturated carbocycles. The van der Waals surface area contributed by atoms with Gasteiger partial charge >= 0.3 is 0 Å². The molecule has 0 fully saturated rings. The summed E-state index contributed by atoms with van der Waals surface area (Å²) in [4.78, 5) is 26.8. The molecule has 5 heteroatoms. The molecule has 0 heterocycles. The molecule has 0 aromatic carbocycles. The molecule has 206 valence electrons.